The first-order chi connectivity index (χ1) is 8.15. The minimum absolute atomic E-state index is 0.526. The highest BCUT2D eigenvalue weighted by atomic mass is 16.5. The molecule has 0 aliphatic rings. The summed E-state index contributed by atoms with van der Waals surface area (Å²) in [5.74, 6) is 0.832. The molecular weight excluding hydrogens is 212 g/mol. The molecule has 1 heterocycles. The maximum Gasteiger partial charge on any atom is 0.120 e. The van der Waals surface area contributed by atoms with Crippen molar-refractivity contribution in [3.05, 3.63) is 53.3 Å². The van der Waals surface area contributed by atoms with Crippen molar-refractivity contribution in [3.8, 4) is 5.75 Å². The van der Waals surface area contributed by atoms with Crippen LogP contribution >= 0.6 is 0 Å². The van der Waals surface area contributed by atoms with E-state index >= 15 is 0 Å². The Labute approximate surface area is 101 Å². The van der Waals surface area contributed by atoms with E-state index in [1.807, 2.05) is 44.4 Å². The van der Waals surface area contributed by atoms with Gasteiger partial charge in [0.25, 0.3) is 0 Å². The molecule has 0 fully saturated rings. The normalized spacial score (nSPS) is 10.2. The van der Waals surface area contributed by atoms with Crippen LogP contribution in [0.3, 0.4) is 0 Å². The van der Waals surface area contributed by atoms with Crippen molar-refractivity contribution in [1.82, 2.24) is 4.98 Å². The predicted molar refractivity (Wildman–Crippen MR) is 68.9 cm³/mol. The van der Waals surface area contributed by atoms with Gasteiger partial charge in [-0.05, 0) is 49.2 Å². The summed E-state index contributed by atoms with van der Waals surface area (Å²) < 4.78 is 5.69. The summed E-state index contributed by atoms with van der Waals surface area (Å²) in [5, 5.41) is 0. The lowest BCUT2D eigenvalue weighted by atomic mass is 10.2. The highest BCUT2D eigenvalue weighted by molar-refractivity contribution is 5.49. The smallest absolute Gasteiger partial charge is 0.120 e. The Balaban J connectivity index is 2.05. The second-order valence-corrected chi connectivity index (χ2v) is 4.18. The Morgan fingerprint density at radius 1 is 1.18 bits per heavy atom. The number of nitrogens with two attached hydrogens (primary N) is 1. The first kappa shape index (κ1) is 11.5. The minimum atomic E-state index is 0.526. The molecule has 3 heteroatoms. The molecule has 88 valence electrons. The Morgan fingerprint density at radius 2 is 2.00 bits per heavy atom. The van der Waals surface area contributed by atoms with Crippen LogP contribution in [0.15, 0.2) is 36.7 Å². The van der Waals surface area contributed by atoms with Crippen LogP contribution in [-0.2, 0) is 6.61 Å². The summed E-state index contributed by atoms with van der Waals surface area (Å²) in [6, 6.07) is 7.75. The Morgan fingerprint density at radius 3 is 2.71 bits per heavy atom. The van der Waals surface area contributed by atoms with Crippen molar-refractivity contribution < 1.29 is 4.74 Å². The van der Waals surface area contributed by atoms with E-state index in [0.717, 1.165) is 28.1 Å². The number of anilines is 1. The van der Waals surface area contributed by atoms with Crippen LogP contribution in [0.2, 0.25) is 0 Å². The highest BCUT2D eigenvalue weighted by Gasteiger charge is 1.99. The van der Waals surface area contributed by atoms with Crippen LogP contribution in [0.25, 0.3) is 0 Å². The van der Waals surface area contributed by atoms with Crippen LogP contribution in [0.4, 0.5) is 5.69 Å². The molecule has 17 heavy (non-hydrogen) atoms. The number of benzene rings is 1. The van der Waals surface area contributed by atoms with E-state index in [1.165, 1.54) is 0 Å². The van der Waals surface area contributed by atoms with Crippen LogP contribution in [0, 0.1) is 13.8 Å². The monoisotopic (exact) mass is 228 g/mol. The Bertz CT molecular complexity index is 523. The van der Waals surface area contributed by atoms with Crippen LogP contribution in [0.1, 0.15) is 16.7 Å². The SMILES string of the molecule is Cc1cncc(COc2ccc(N)c(C)c2)c1. The number of rotatable bonds is 3. The number of hydrogen-bond acceptors (Lipinski definition) is 3. The number of nitrogens with zero attached hydrogens (tertiary/aromatic N) is 1. The van der Waals surface area contributed by atoms with E-state index in [9.17, 15) is 0 Å². The molecule has 2 rings (SSSR count). The van der Waals surface area contributed by atoms with E-state index in [4.69, 9.17) is 10.5 Å². The standard InChI is InChI=1S/C14H16N2O/c1-10-5-12(8-16-7-10)9-17-13-3-4-14(15)11(2)6-13/h3-8H,9,15H2,1-2H3. The van der Waals surface area contributed by atoms with E-state index < -0.39 is 0 Å². The summed E-state index contributed by atoms with van der Waals surface area (Å²) in [5.41, 5.74) is 9.78. The van der Waals surface area contributed by atoms with Gasteiger partial charge in [0.15, 0.2) is 0 Å². The molecule has 3 nitrogen and oxygen atoms in total. The van der Waals surface area contributed by atoms with Crippen LogP contribution in [-0.4, -0.2) is 4.98 Å². The maximum atomic E-state index is 5.75. The molecule has 0 aliphatic carbocycles. The van der Waals surface area contributed by atoms with E-state index in [-0.39, 0.29) is 0 Å². The van der Waals surface area contributed by atoms with Crippen molar-refractivity contribution in [1.29, 1.82) is 0 Å². The van der Waals surface area contributed by atoms with Gasteiger partial charge in [-0.3, -0.25) is 4.98 Å². The first-order valence-electron chi connectivity index (χ1n) is 5.54. The zero-order chi connectivity index (χ0) is 12.3. The molecule has 0 spiro atoms. The fourth-order valence-electron chi connectivity index (χ4n) is 1.60. The lowest BCUT2D eigenvalue weighted by Crippen LogP contribution is -1.97. The molecule has 0 saturated carbocycles. The molecule has 0 radical (unpaired) electrons. The largest absolute Gasteiger partial charge is 0.489 e. The second kappa shape index (κ2) is 4.87. The third kappa shape index (κ3) is 2.97. The quantitative estimate of drug-likeness (QED) is 0.822. The molecule has 2 N–H and O–H groups in total. The molecule has 0 bridgehead atoms. The first-order valence-corrected chi connectivity index (χ1v) is 5.54. The molecule has 0 aliphatic heterocycles. The van der Waals surface area contributed by atoms with Gasteiger partial charge in [0.2, 0.25) is 0 Å². The van der Waals surface area contributed by atoms with E-state index in [0.29, 0.717) is 6.61 Å². The van der Waals surface area contributed by atoms with Crippen LogP contribution < -0.4 is 10.5 Å². The fourth-order valence-corrected chi connectivity index (χ4v) is 1.60. The van der Waals surface area contributed by atoms with Gasteiger partial charge in [-0.1, -0.05) is 0 Å². The van der Waals surface area contributed by atoms with Gasteiger partial charge < -0.3 is 10.5 Å². The summed E-state index contributed by atoms with van der Waals surface area (Å²) in [6.45, 7) is 4.51. The number of hydrogen-bond donors (Lipinski definition) is 1. The van der Waals surface area contributed by atoms with Gasteiger partial charge in [0, 0.05) is 23.6 Å². The molecule has 0 saturated heterocycles. The number of pyridine rings is 1. The molecule has 0 unspecified atom stereocenters. The third-order valence-electron chi connectivity index (χ3n) is 2.58. The number of aryl methyl sites for hydroxylation is 2. The summed E-state index contributed by atoms with van der Waals surface area (Å²) in [6.07, 6.45) is 3.65. The zero-order valence-electron chi connectivity index (χ0n) is 10.1. The van der Waals surface area contributed by atoms with Crippen LogP contribution in [0.5, 0.6) is 5.75 Å². The summed E-state index contributed by atoms with van der Waals surface area (Å²) in [7, 11) is 0. The zero-order valence-corrected chi connectivity index (χ0v) is 10.1. The Kier molecular flexibility index (Phi) is 3.28. The Hall–Kier alpha value is -2.03. The lowest BCUT2D eigenvalue weighted by molar-refractivity contribution is 0.305. The summed E-state index contributed by atoms with van der Waals surface area (Å²) in [4.78, 5) is 4.13. The number of ether oxygens (including phenoxy) is 1. The molecule has 0 atom stereocenters. The van der Waals surface area contributed by atoms with Gasteiger partial charge in [-0.15, -0.1) is 0 Å². The average molecular weight is 228 g/mol. The molecule has 1 aromatic heterocycles. The van der Waals surface area contributed by atoms with Crippen molar-refractivity contribution in [2.75, 3.05) is 5.73 Å². The van der Waals surface area contributed by atoms with Crippen molar-refractivity contribution >= 4 is 5.69 Å². The van der Waals surface area contributed by atoms with Gasteiger partial charge in [0.05, 0.1) is 0 Å². The van der Waals surface area contributed by atoms with E-state index in [2.05, 4.69) is 11.1 Å². The summed E-state index contributed by atoms with van der Waals surface area (Å²) >= 11 is 0. The van der Waals surface area contributed by atoms with Crippen molar-refractivity contribution in [2.24, 2.45) is 0 Å². The fraction of sp³-hybridized carbons (Fsp3) is 0.214. The van der Waals surface area contributed by atoms with Gasteiger partial charge >= 0.3 is 0 Å². The van der Waals surface area contributed by atoms with E-state index in [1.54, 1.807) is 0 Å². The number of aromatic nitrogens is 1. The van der Waals surface area contributed by atoms with Gasteiger partial charge in [-0.2, -0.15) is 0 Å². The van der Waals surface area contributed by atoms with Gasteiger partial charge in [0.1, 0.15) is 12.4 Å². The minimum Gasteiger partial charge on any atom is -0.489 e. The molecule has 0 amide bonds. The lowest BCUT2D eigenvalue weighted by Gasteiger charge is -2.08. The highest BCUT2D eigenvalue weighted by Crippen LogP contribution is 2.19. The molecule has 2 aromatic rings. The number of nitrogen functional groups attached to an aromatic ring is 1. The van der Waals surface area contributed by atoms with Crippen molar-refractivity contribution in [2.45, 2.75) is 20.5 Å². The predicted octanol–water partition coefficient (Wildman–Crippen LogP) is 2.86. The average Bonchev–Trinajstić information content (AvgIpc) is 2.31. The second-order valence-electron chi connectivity index (χ2n) is 4.18. The topological polar surface area (TPSA) is 48.1 Å². The molecular formula is C14H16N2O. The maximum absolute atomic E-state index is 5.75. The van der Waals surface area contributed by atoms with Gasteiger partial charge in [-0.25, -0.2) is 0 Å². The third-order valence-corrected chi connectivity index (χ3v) is 2.58. The van der Waals surface area contributed by atoms with Crippen molar-refractivity contribution in [3.63, 3.8) is 0 Å². The molecule has 1 aromatic carbocycles.